The van der Waals surface area contributed by atoms with Crippen molar-refractivity contribution >= 4 is 5.91 Å². The molecule has 0 aliphatic carbocycles. The first-order chi connectivity index (χ1) is 9.20. The van der Waals surface area contributed by atoms with E-state index in [0.29, 0.717) is 32.9 Å². The van der Waals surface area contributed by atoms with Gasteiger partial charge in [-0.1, -0.05) is 24.3 Å². The Morgan fingerprint density at radius 3 is 2.89 bits per heavy atom. The number of nitrogens with two attached hydrogens (primary N) is 1. The summed E-state index contributed by atoms with van der Waals surface area (Å²) in [6.45, 7) is 2.43. The lowest BCUT2D eigenvalue weighted by molar-refractivity contribution is -0.157. The number of hydrogen-bond acceptors (Lipinski definition) is 4. The molecule has 1 fully saturated rings. The van der Waals surface area contributed by atoms with Gasteiger partial charge in [0.2, 0.25) is 0 Å². The van der Waals surface area contributed by atoms with Gasteiger partial charge in [-0.25, -0.2) is 0 Å². The molecule has 0 saturated carbocycles. The molecule has 2 rings (SSSR count). The number of hydrogen-bond donors (Lipinski definition) is 1. The van der Waals surface area contributed by atoms with Crippen molar-refractivity contribution in [1.29, 1.82) is 0 Å². The molecule has 1 aliphatic heterocycles. The summed E-state index contributed by atoms with van der Waals surface area (Å²) >= 11 is 0. The Morgan fingerprint density at radius 1 is 1.42 bits per heavy atom. The summed E-state index contributed by atoms with van der Waals surface area (Å²) in [7, 11) is 1.77. The zero-order valence-corrected chi connectivity index (χ0v) is 11.2. The molecule has 5 heteroatoms. The Morgan fingerprint density at radius 2 is 2.21 bits per heavy atom. The third kappa shape index (κ3) is 3.76. The minimum atomic E-state index is -0.476. The summed E-state index contributed by atoms with van der Waals surface area (Å²) in [6.07, 6.45) is -0.476. The molecule has 0 aromatic heterocycles. The average molecular weight is 264 g/mol. The van der Waals surface area contributed by atoms with Gasteiger partial charge in [0.15, 0.2) is 6.10 Å². The van der Waals surface area contributed by atoms with Crippen molar-refractivity contribution in [3.05, 3.63) is 35.4 Å². The van der Waals surface area contributed by atoms with Crippen LogP contribution in [0.25, 0.3) is 0 Å². The lowest BCUT2D eigenvalue weighted by Gasteiger charge is -2.26. The van der Waals surface area contributed by atoms with Crippen LogP contribution in [0.4, 0.5) is 0 Å². The van der Waals surface area contributed by atoms with E-state index in [-0.39, 0.29) is 5.91 Å². The van der Waals surface area contributed by atoms with Crippen LogP contribution in [-0.2, 0) is 27.4 Å². The Hall–Kier alpha value is -1.43. The second kappa shape index (κ2) is 6.65. The summed E-state index contributed by atoms with van der Waals surface area (Å²) in [5.41, 5.74) is 7.74. The van der Waals surface area contributed by atoms with Crippen LogP contribution >= 0.6 is 0 Å². The smallest absolute Gasteiger partial charge is 0.254 e. The fourth-order valence-electron chi connectivity index (χ4n) is 2.08. The minimum absolute atomic E-state index is 0.0437. The number of nitrogens with zero attached hydrogens (tertiary/aromatic N) is 1. The van der Waals surface area contributed by atoms with Crippen molar-refractivity contribution in [3.63, 3.8) is 0 Å². The molecule has 0 radical (unpaired) electrons. The molecular weight excluding hydrogens is 244 g/mol. The summed E-state index contributed by atoms with van der Waals surface area (Å²) < 4.78 is 10.7. The van der Waals surface area contributed by atoms with Crippen LogP contribution in [0.15, 0.2) is 24.3 Å². The highest BCUT2D eigenvalue weighted by Gasteiger charge is 2.25. The van der Waals surface area contributed by atoms with E-state index >= 15 is 0 Å². The van der Waals surface area contributed by atoms with Crippen molar-refractivity contribution in [3.8, 4) is 0 Å². The van der Waals surface area contributed by atoms with E-state index in [0.717, 1.165) is 11.1 Å². The molecule has 19 heavy (non-hydrogen) atoms. The Labute approximate surface area is 113 Å². The van der Waals surface area contributed by atoms with Crippen molar-refractivity contribution in [2.24, 2.45) is 5.73 Å². The molecule has 0 spiro atoms. The van der Waals surface area contributed by atoms with Gasteiger partial charge >= 0.3 is 0 Å². The molecule has 1 aliphatic rings. The van der Waals surface area contributed by atoms with E-state index in [1.165, 1.54) is 0 Å². The topological polar surface area (TPSA) is 64.8 Å². The number of amides is 1. The van der Waals surface area contributed by atoms with Crippen LogP contribution in [0.3, 0.4) is 0 Å². The lowest BCUT2D eigenvalue weighted by Crippen LogP contribution is -2.43. The van der Waals surface area contributed by atoms with E-state index in [2.05, 4.69) is 0 Å². The number of carbonyl (C=O) groups excluding carboxylic acids is 1. The number of benzene rings is 1. The van der Waals surface area contributed by atoms with E-state index in [9.17, 15) is 4.79 Å². The van der Waals surface area contributed by atoms with E-state index in [4.69, 9.17) is 15.2 Å². The molecule has 5 nitrogen and oxygen atoms in total. The Kier molecular flexibility index (Phi) is 4.90. The van der Waals surface area contributed by atoms with Gasteiger partial charge in [0, 0.05) is 20.1 Å². The maximum atomic E-state index is 12.2. The van der Waals surface area contributed by atoms with Gasteiger partial charge in [-0.15, -0.1) is 0 Å². The first kappa shape index (κ1) is 14.0. The molecule has 0 bridgehead atoms. The van der Waals surface area contributed by atoms with Gasteiger partial charge in [-0.2, -0.15) is 0 Å². The van der Waals surface area contributed by atoms with Crippen LogP contribution in [-0.4, -0.2) is 43.8 Å². The maximum Gasteiger partial charge on any atom is 0.254 e. The van der Waals surface area contributed by atoms with E-state index in [1.54, 1.807) is 11.9 Å². The molecule has 2 N–H and O–H groups in total. The monoisotopic (exact) mass is 264 g/mol. The summed E-state index contributed by atoms with van der Waals surface area (Å²) in [6, 6.07) is 7.93. The highest BCUT2D eigenvalue weighted by molar-refractivity contribution is 5.80. The maximum absolute atomic E-state index is 12.2. The normalized spacial score (nSPS) is 19.2. The molecule has 1 aromatic carbocycles. The van der Waals surface area contributed by atoms with Crippen molar-refractivity contribution in [1.82, 2.24) is 4.90 Å². The Bertz CT molecular complexity index is 430. The molecule has 1 saturated heterocycles. The summed E-state index contributed by atoms with van der Waals surface area (Å²) in [5, 5.41) is 0. The molecular formula is C14H20N2O3. The quantitative estimate of drug-likeness (QED) is 0.861. The molecule has 104 valence electrons. The van der Waals surface area contributed by atoms with E-state index < -0.39 is 6.10 Å². The van der Waals surface area contributed by atoms with Crippen LogP contribution in [0.1, 0.15) is 11.1 Å². The molecule has 1 heterocycles. The summed E-state index contributed by atoms with van der Waals surface area (Å²) in [5.74, 6) is -0.0437. The van der Waals surface area contributed by atoms with Gasteiger partial charge in [0.1, 0.15) is 0 Å². The van der Waals surface area contributed by atoms with Crippen LogP contribution in [0, 0.1) is 0 Å². The Balaban J connectivity index is 1.95. The van der Waals surface area contributed by atoms with Gasteiger partial charge in [-0.3, -0.25) is 4.79 Å². The standard InChI is InChI=1S/C14H20N2O3/c1-16(14(17)13-10-18-5-6-19-13)9-12-4-2-3-11(7-12)8-15/h2-4,7,13H,5-6,8-10,15H2,1H3. The predicted molar refractivity (Wildman–Crippen MR) is 71.4 cm³/mol. The van der Waals surface area contributed by atoms with Gasteiger partial charge in [0.25, 0.3) is 5.91 Å². The van der Waals surface area contributed by atoms with Crippen LogP contribution < -0.4 is 5.73 Å². The first-order valence-electron chi connectivity index (χ1n) is 6.43. The minimum Gasteiger partial charge on any atom is -0.376 e. The van der Waals surface area contributed by atoms with Crippen LogP contribution in [0.5, 0.6) is 0 Å². The second-order valence-electron chi connectivity index (χ2n) is 4.65. The summed E-state index contributed by atoms with van der Waals surface area (Å²) in [4.78, 5) is 13.8. The largest absolute Gasteiger partial charge is 0.376 e. The lowest BCUT2D eigenvalue weighted by atomic mass is 10.1. The zero-order valence-electron chi connectivity index (χ0n) is 11.2. The molecule has 1 aromatic rings. The predicted octanol–water partition coefficient (Wildman–Crippen LogP) is 0.519. The van der Waals surface area contributed by atoms with Gasteiger partial charge in [-0.05, 0) is 11.1 Å². The number of carbonyl (C=O) groups is 1. The van der Waals surface area contributed by atoms with Crippen LogP contribution in [0.2, 0.25) is 0 Å². The fourth-order valence-corrected chi connectivity index (χ4v) is 2.08. The molecule has 1 amide bonds. The fraction of sp³-hybridized carbons (Fsp3) is 0.500. The first-order valence-corrected chi connectivity index (χ1v) is 6.43. The zero-order chi connectivity index (χ0) is 13.7. The second-order valence-corrected chi connectivity index (χ2v) is 4.65. The van der Waals surface area contributed by atoms with Crippen molar-refractivity contribution in [2.45, 2.75) is 19.2 Å². The number of rotatable bonds is 4. The number of likely N-dealkylation sites (N-methyl/N-ethyl adjacent to an activating group) is 1. The highest BCUT2D eigenvalue weighted by atomic mass is 16.6. The van der Waals surface area contributed by atoms with Crippen molar-refractivity contribution < 1.29 is 14.3 Å². The number of ether oxygens (including phenoxy) is 2. The highest BCUT2D eigenvalue weighted by Crippen LogP contribution is 2.10. The molecule has 1 unspecified atom stereocenters. The third-order valence-corrected chi connectivity index (χ3v) is 3.11. The third-order valence-electron chi connectivity index (χ3n) is 3.11. The van der Waals surface area contributed by atoms with Gasteiger partial charge < -0.3 is 20.1 Å². The van der Waals surface area contributed by atoms with Gasteiger partial charge in [0.05, 0.1) is 19.8 Å². The average Bonchev–Trinajstić information content (AvgIpc) is 2.47. The van der Waals surface area contributed by atoms with E-state index in [1.807, 2.05) is 24.3 Å². The SMILES string of the molecule is CN(Cc1cccc(CN)c1)C(=O)C1COCCO1. The molecule has 1 atom stereocenters. The van der Waals surface area contributed by atoms with Crippen molar-refractivity contribution in [2.75, 3.05) is 26.9 Å².